The highest BCUT2D eigenvalue weighted by Gasteiger charge is 2.42. The molecule has 1 aromatic rings. The van der Waals surface area contributed by atoms with Crippen LogP contribution in [0.3, 0.4) is 0 Å². The van der Waals surface area contributed by atoms with Gasteiger partial charge in [-0.1, -0.05) is 24.3 Å². The standard InChI is InChI=1S/C15H17NO4/c17-12-7-13(15(19)20)16(8-12)14(18)11-5-9-3-1-2-4-10(9)6-11/h1-4,11-13,17H,5-8H2,(H,19,20)/t12-,13-/m0/s1. The third kappa shape index (κ3) is 2.18. The van der Waals surface area contributed by atoms with Crippen molar-refractivity contribution in [2.75, 3.05) is 6.54 Å². The first-order valence-electron chi connectivity index (χ1n) is 6.84. The van der Waals surface area contributed by atoms with Gasteiger partial charge in [-0.25, -0.2) is 4.79 Å². The summed E-state index contributed by atoms with van der Waals surface area (Å²) in [6, 6.07) is 7.03. The Labute approximate surface area is 116 Å². The van der Waals surface area contributed by atoms with Gasteiger partial charge in [0.15, 0.2) is 0 Å². The topological polar surface area (TPSA) is 77.8 Å². The molecule has 1 aromatic carbocycles. The minimum atomic E-state index is -1.04. The molecule has 2 atom stereocenters. The molecule has 0 radical (unpaired) electrons. The molecule has 3 rings (SSSR count). The number of aliphatic hydroxyl groups is 1. The molecule has 1 aliphatic heterocycles. The van der Waals surface area contributed by atoms with Gasteiger partial charge in [0.25, 0.3) is 0 Å². The van der Waals surface area contributed by atoms with E-state index in [-0.39, 0.29) is 24.8 Å². The Bertz CT molecular complexity index is 532. The van der Waals surface area contributed by atoms with Gasteiger partial charge in [-0.2, -0.15) is 0 Å². The van der Waals surface area contributed by atoms with E-state index in [1.165, 1.54) is 4.90 Å². The van der Waals surface area contributed by atoms with E-state index in [2.05, 4.69) is 0 Å². The number of fused-ring (bicyclic) bond motifs is 1. The van der Waals surface area contributed by atoms with Crippen LogP contribution >= 0.6 is 0 Å². The Morgan fingerprint density at radius 3 is 2.30 bits per heavy atom. The Morgan fingerprint density at radius 2 is 1.75 bits per heavy atom. The fraction of sp³-hybridized carbons (Fsp3) is 0.467. The molecule has 0 bridgehead atoms. The van der Waals surface area contributed by atoms with E-state index < -0.39 is 18.1 Å². The SMILES string of the molecule is O=C(O)[C@@H]1C[C@H](O)CN1C(=O)C1Cc2ccccc2C1. The van der Waals surface area contributed by atoms with Gasteiger partial charge in [0, 0.05) is 18.9 Å². The van der Waals surface area contributed by atoms with Gasteiger partial charge in [-0.3, -0.25) is 4.79 Å². The van der Waals surface area contributed by atoms with E-state index in [9.17, 15) is 14.7 Å². The summed E-state index contributed by atoms with van der Waals surface area (Å²) in [5.41, 5.74) is 2.33. The average molecular weight is 275 g/mol. The first kappa shape index (κ1) is 13.1. The van der Waals surface area contributed by atoms with Crippen LogP contribution in [0.15, 0.2) is 24.3 Å². The van der Waals surface area contributed by atoms with Gasteiger partial charge < -0.3 is 15.1 Å². The smallest absolute Gasteiger partial charge is 0.326 e. The van der Waals surface area contributed by atoms with Crippen molar-refractivity contribution in [3.8, 4) is 0 Å². The van der Waals surface area contributed by atoms with Crippen molar-refractivity contribution >= 4 is 11.9 Å². The normalized spacial score (nSPS) is 25.8. The van der Waals surface area contributed by atoms with Crippen LogP contribution in [0.4, 0.5) is 0 Å². The fourth-order valence-electron chi connectivity index (χ4n) is 3.26. The van der Waals surface area contributed by atoms with Gasteiger partial charge in [0.05, 0.1) is 6.10 Å². The maximum atomic E-state index is 12.5. The van der Waals surface area contributed by atoms with Crippen molar-refractivity contribution in [2.45, 2.75) is 31.4 Å². The Hall–Kier alpha value is -1.88. The molecule has 1 saturated heterocycles. The largest absolute Gasteiger partial charge is 0.480 e. The quantitative estimate of drug-likeness (QED) is 0.821. The third-order valence-corrected chi connectivity index (χ3v) is 4.25. The summed E-state index contributed by atoms with van der Waals surface area (Å²) < 4.78 is 0. The average Bonchev–Trinajstić information content (AvgIpc) is 3.01. The Morgan fingerprint density at radius 1 is 1.15 bits per heavy atom. The summed E-state index contributed by atoms with van der Waals surface area (Å²) >= 11 is 0. The minimum Gasteiger partial charge on any atom is -0.480 e. The molecule has 5 heteroatoms. The lowest BCUT2D eigenvalue weighted by molar-refractivity contribution is -0.149. The van der Waals surface area contributed by atoms with Crippen LogP contribution in [-0.4, -0.2) is 45.7 Å². The summed E-state index contributed by atoms with van der Waals surface area (Å²) in [5, 5.41) is 18.8. The molecular weight excluding hydrogens is 258 g/mol. The summed E-state index contributed by atoms with van der Waals surface area (Å²) in [4.78, 5) is 25.1. The number of β-amino-alcohol motifs (C(OH)–C–C–N with tert-alkyl or cyclic N) is 1. The lowest BCUT2D eigenvalue weighted by Crippen LogP contribution is -2.44. The Balaban J connectivity index is 1.76. The van der Waals surface area contributed by atoms with Gasteiger partial charge >= 0.3 is 5.97 Å². The maximum absolute atomic E-state index is 12.5. The van der Waals surface area contributed by atoms with Crippen molar-refractivity contribution in [3.63, 3.8) is 0 Å². The number of hydrogen-bond donors (Lipinski definition) is 2. The van der Waals surface area contributed by atoms with E-state index in [1.807, 2.05) is 24.3 Å². The lowest BCUT2D eigenvalue weighted by atomic mass is 10.0. The molecule has 1 fully saturated rings. The number of benzene rings is 1. The van der Waals surface area contributed by atoms with Crippen LogP contribution in [-0.2, 0) is 22.4 Å². The number of amides is 1. The summed E-state index contributed by atoms with van der Waals surface area (Å²) in [5.74, 6) is -1.38. The monoisotopic (exact) mass is 275 g/mol. The number of nitrogens with zero attached hydrogens (tertiary/aromatic N) is 1. The second-order valence-corrected chi connectivity index (χ2v) is 5.61. The molecule has 5 nitrogen and oxygen atoms in total. The van der Waals surface area contributed by atoms with Crippen LogP contribution in [0.2, 0.25) is 0 Å². The van der Waals surface area contributed by atoms with Crippen LogP contribution in [0.5, 0.6) is 0 Å². The van der Waals surface area contributed by atoms with E-state index in [0.29, 0.717) is 12.8 Å². The molecule has 1 aliphatic carbocycles. The number of carbonyl (C=O) groups is 2. The molecule has 0 aromatic heterocycles. The molecule has 1 amide bonds. The highest BCUT2D eigenvalue weighted by atomic mass is 16.4. The number of carboxylic acid groups (broad SMARTS) is 1. The van der Waals surface area contributed by atoms with E-state index >= 15 is 0 Å². The van der Waals surface area contributed by atoms with E-state index in [4.69, 9.17) is 5.11 Å². The summed E-state index contributed by atoms with van der Waals surface area (Å²) in [7, 11) is 0. The number of carboxylic acids is 1. The zero-order chi connectivity index (χ0) is 14.3. The second-order valence-electron chi connectivity index (χ2n) is 5.61. The number of aliphatic hydroxyl groups excluding tert-OH is 1. The van der Waals surface area contributed by atoms with Crippen molar-refractivity contribution in [3.05, 3.63) is 35.4 Å². The van der Waals surface area contributed by atoms with Crippen molar-refractivity contribution < 1.29 is 19.8 Å². The predicted molar refractivity (Wildman–Crippen MR) is 71.1 cm³/mol. The molecule has 0 spiro atoms. The van der Waals surface area contributed by atoms with Gasteiger partial charge in [-0.15, -0.1) is 0 Å². The zero-order valence-corrected chi connectivity index (χ0v) is 11.0. The van der Waals surface area contributed by atoms with Crippen molar-refractivity contribution in [1.82, 2.24) is 4.90 Å². The molecule has 2 N–H and O–H groups in total. The second kappa shape index (κ2) is 4.90. The maximum Gasteiger partial charge on any atom is 0.326 e. The van der Waals surface area contributed by atoms with Crippen molar-refractivity contribution in [1.29, 1.82) is 0 Å². The molecule has 1 heterocycles. The summed E-state index contributed by atoms with van der Waals surface area (Å²) in [6.07, 6.45) is 0.714. The van der Waals surface area contributed by atoms with Gasteiger partial charge in [-0.05, 0) is 24.0 Å². The molecule has 20 heavy (non-hydrogen) atoms. The highest BCUT2D eigenvalue weighted by Crippen LogP contribution is 2.30. The van der Waals surface area contributed by atoms with Gasteiger partial charge in [0.2, 0.25) is 5.91 Å². The minimum absolute atomic E-state index is 0.126. The summed E-state index contributed by atoms with van der Waals surface area (Å²) in [6.45, 7) is 0.128. The molecule has 0 saturated carbocycles. The predicted octanol–water partition coefficient (Wildman–Crippen LogP) is 0.448. The highest BCUT2D eigenvalue weighted by molar-refractivity contribution is 5.86. The molecular formula is C15H17NO4. The number of likely N-dealkylation sites (tertiary alicyclic amines) is 1. The number of hydrogen-bond acceptors (Lipinski definition) is 3. The van der Waals surface area contributed by atoms with Gasteiger partial charge in [0.1, 0.15) is 6.04 Å². The first-order chi connectivity index (χ1) is 9.56. The molecule has 2 aliphatic rings. The molecule has 106 valence electrons. The van der Waals surface area contributed by atoms with Crippen LogP contribution in [0.1, 0.15) is 17.5 Å². The Kier molecular flexibility index (Phi) is 3.22. The van der Waals surface area contributed by atoms with Crippen LogP contribution in [0, 0.1) is 5.92 Å². The van der Waals surface area contributed by atoms with Crippen LogP contribution < -0.4 is 0 Å². The zero-order valence-electron chi connectivity index (χ0n) is 11.0. The van der Waals surface area contributed by atoms with E-state index in [1.54, 1.807) is 0 Å². The number of rotatable bonds is 2. The fourth-order valence-corrected chi connectivity index (χ4v) is 3.26. The number of aliphatic carboxylic acids is 1. The number of carbonyl (C=O) groups excluding carboxylic acids is 1. The lowest BCUT2D eigenvalue weighted by Gasteiger charge is -2.24. The first-order valence-corrected chi connectivity index (χ1v) is 6.84. The molecule has 0 unspecified atom stereocenters. The van der Waals surface area contributed by atoms with Crippen molar-refractivity contribution in [2.24, 2.45) is 5.92 Å². The van der Waals surface area contributed by atoms with Crippen LogP contribution in [0.25, 0.3) is 0 Å². The third-order valence-electron chi connectivity index (χ3n) is 4.25. The van der Waals surface area contributed by atoms with E-state index in [0.717, 1.165) is 11.1 Å².